The summed E-state index contributed by atoms with van der Waals surface area (Å²) in [6.07, 6.45) is 13.0. The second kappa shape index (κ2) is 23.0. The molecule has 3 aromatic rings. The van der Waals surface area contributed by atoms with E-state index >= 15 is 0 Å². The van der Waals surface area contributed by atoms with E-state index in [0.717, 1.165) is 55.0 Å². The molecule has 0 aliphatic carbocycles. The normalized spacial score (nSPS) is 13.2. The number of phosphoric acid groups is 1. The number of nitrogens with one attached hydrogen (secondary N) is 2. The first-order valence-corrected chi connectivity index (χ1v) is 18.8. The molecule has 5 N–H and O–H groups in total. The highest BCUT2D eigenvalue weighted by molar-refractivity contribution is 7.47. The van der Waals surface area contributed by atoms with Gasteiger partial charge in [-0.15, -0.1) is 0 Å². The van der Waals surface area contributed by atoms with Crippen molar-refractivity contribution in [2.45, 2.75) is 97.4 Å². The maximum Gasteiger partial charge on any atom is 0.527 e. The number of aromatic nitrogens is 1. The Labute approximate surface area is 281 Å². The van der Waals surface area contributed by atoms with Crippen molar-refractivity contribution in [3.63, 3.8) is 0 Å². The molecule has 258 valence electrons. The highest BCUT2D eigenvalue weighted by atomic mass is 35.5. The topological polar surface area (TPSA) is 130 Å². The van der Waals surface area contributed by atoms with Crippen molar-refractivity contribution in [2.24, 2.45) is 5.73 Å². The Hall–Kier alpha value is -2.39. The van der Waals surface area contributed by atoms with E-state index in [-0.39, 0.29) is 23.3 Å². The fourth-order valence-corrected chi connectivity index (χ4v) is 6.18. The first-order chi connectivity index (χ1) is 22.2. The summed E-state index contributed by atoms with van der Waals surface area (Å²) in [5.41, 5.74) is 8.26. The number of benzene rings is 2. The Bertz CT molecular complexity index is 1300. The number of para-hydroxylation sites is 2. The van der Waals surface area contributed by atoms with Crippen LogP contribution in [0, 0.1) is 0 Å². The summed E-state index contributed by atoms with van der Waals surface area (Å²) in [7, 11) is -4.17. The second-order valence-electron chi connectivity index (χ2n) is 11.4. The summed E-state index contributed by atoms with van der Waals surface area (Å²) in [4.78, 5) is 27.8. The van der Waals surface area contributed by atoms with Gasteiger partial charge in [0.05, 0.1) is 17.7 Å². The summed E-state index contributed by atoms with van der Waals surface area (Å²) in [5.74, 6) is 0.0388. The van der Waals surface area contributed by atoms with Crippen molar-refractivity contribution in [3.05, 3.63) is 65.3 Å². The third-order valence-corrected chi connectivity index (χ3v) is 9.22. The minimum absolute atomic E-state index is 0.0967. The number of carbonyl (C=O) groups is 1. The van der Waals surface area contributed by atoms with Gasteiger partial charge in [-0.2, -0.15) is 0 Å². The number of rotatable bonds is 22. The lowest BCUT2D eigenvalue weighted by atomic mass is 10.0. The number of nitrogens with zero attached hydrogens (tertiary/aromatic N) is 1. The van der Waals surface area contributed by atoms with Gasteiger partial charge in [0, 0.05) is 23.6 Å². The summed E-state index contributed by atoms with van der Waals surface area (Å²) < 4.78 is 22.1. The monoisotopic (exact) mass is 678 g/mol. The maximum absolute atomic E-state index is 12.4. The minimum atomic E-state index is -4.17. The fraction of sp³-hybridized carbons (Fsp3) is 0.571. The standard InChI is InChI=1S/C29H41ClN3O5P.C6H15N/c30-25-16-10-12-18-28(25)38-39(35,36)37-20-14-8-6-4-2-1-3-5-7-13-19-32-29(34)26(31)21-23-22-33-27-17-11-9-15-24(23)27;1-4-7(5-2)6-3/h9-12,15-18,22,26,33H,1-8,13-14,19-21,31H2,(H,32,34)(H,35,36);4-6H2,1-3H3/t26-;/m1./s1. The molecule has 3 rings (SSSR count). The molecule has 1 aromatic heterocycles. The molecule has 1 unspecified atom stereocenters. The largest absolute Gasteiger partial charge is 0.527 e. The average Bonchev–Trinajstić information content (AvgIpc) is 3.45. The van der Waals surface area contributed by atoms with Gasteiger partial charge in [-0.25, -0.2) is 4.57 Å². The number of fused-ring (bicyclic) bond motifs is 1. The molecule has 0 saturated carbocycles. The van der Waals surface area contributed by atoms with Crippen LogP contribution in [-0.2, 0) is 20.3 Å². The number of aromatic amines is 1. The zero-order valence-electron chi connectivity index (χ0n) is 28.0. The molecule has 2 aromatic carbocycles. The van der Waals surface area contributed by atoms with Crippen molar-refractivity contribution in [1.82, 2.24) is 15.2 Å². The highest BCUT2D eigenvalue weighted by Gasteiger charge is 2.23. The summed E-state index contributed by atoms with van der Waals surface area (Å²) >= 11 is 5.94. The molecule has 0 saturated heterocycles. The van der Waals surface area contributed by atoms with Crippen molar-refractivity contribution >= 4 is 36.2 Å². The number of unbranched alkanes of at least 4 members (excludes halogenated alkanes) is 9. The Morgan fingerprint density at radius 1 is 0.913 bits per heavy atom. The average molecular weight is 679 g/mol. The number of hydrogen-bond acceptors (Lipinski definition) is 6. The van der Waals surface area contributed by atoms with Crippen LogP contribution in [0.4, 0.5) is 0 Å². The molecule has 11 heteroatoms. The lowest BCUT2D eigenvalue weighted by Gasteiger charge is -2.13. The van der Waals surface area contributed by atoms with Crippen LogP contribution in [0.2, 0.25) is 5.02 Å². The quantitative estimate of drug-likeness (QED) is 0.0622. The van der Waals surface area contributed by atoms with E-state index in [4.69, 9.17) is 26.4 Å². The fourth-order valence-electron chi connectivity index (χ4n) is 5.13. The summed E-state index contributed by atoms with van der Waals surface area (Å²) in [6.45, 7) is 11.0. The molecule has 0 bridgehead atoms. The van der Waals surface area contributed by atoms with Crippen LogP contribution in [0.1, 0.15) is 90.5 Å². The maximum atomic E-state index is 12.4. The number of hydrogen-bond donors (Lipinski definition) is 4. The Kier molecular flexibility index (Phi) is 19.9. The van der Waals surface area contributed by atoms with Gasteiger partial charge in [-0.05, 0) is 62.7 Å². The van der Waals surface area contributed by atoms with Gasteiger partial charge in [0.1, 0.15) is 5.75 Å². The van der Waals surface area contributed by atoms with Crippen molar-refractivity contribution in [3.8, 4) is 5.75 Å². The number of phosphoric ester groups is 1. The molecule has 2 atom stereocenters. The van der Waals surface area contributed by atoms with Crippen LogP contribution in [0.25, 0.3) is 10.9 Å². The van der Waals surface area contributed by atoms with Gasteiger partial charge < -0.3 is 25.5 Å². The SMILES string of the molecule is CCN(CC)CC.N[C@H](Cc1c[nH]c2ccccc12)C(=O)NCCCCCCCCCCCCOP(=O)(O)Oc1ccccc1Cl. The molecule has 1 amide bonds. The predicted molar refractivity (Wildman–Crippen MR) is 190 cm³/mol. The predicted octanol–water partition coefficient (Wildman–Crippen LogP) is 8.25. The molecular formula is C35H56ClN4O5P. The lowest BCUT2D eigenvalue weighted by molar-refractivity contribution is -0.122. The van der Waals surface area contributed by atoms with E-state index in [2.05, 4.69) is 36.0 Å². The van der Waals surface area contributed by atoms with E-state index in [1.54, 1.807) is 18.2 Å². The highest BCUT2D eigenvalue weighted by Crippen LogP contribution is 2.45. The Balaban J connectivity index is 0.000000942. The smallest absolute Gasteiger partial charge is 0.403 e. The van der Waals surface area contributed by atoms with Crippen molar-refractivity contribution < 1.29 is 23.3 Å². The molecule has 0 radical (unpaired) electrons. The van der Waals surface area contributed by atoms with Crippen molar-refractivity contribution in [1.29, 1.82) is 0 Å². The zero-order valence-corrected chi connectivity index (χ0v) is 29.7. The summed E-state index contributed by atoms with van der Waals surface area (Å²) in [5, 5.41) is 4.35. The first kappa shape index (κ1) is 39.8. The summed E-state index contributed by atoms with van der Waals surface area (Å²) in [6, 6.07) is 14.0. The molecule has 0 aliphatic heterocycles. The number of carbonyl (C=O) groups excluding carboxylic acids is 1. The van der Waals surface area contributed by atoms with Gasteiger partial charge in [0.2, 0.25) is 5.91 Å². The Morgan fingerprint density at radius 2 is 1.48 bits per heavy atom. The lowest BCUT2D eigenvalue weighted by Crippen LogP contribution is -2.42. The molecule has 46 heavy (non-hydrogen) atoms. The minimum Gasteiger partial charge on any atom is -0.403 e. The van der Waals surface area contributed by atoms with Crippen LogP contribution in [0.5, 0.6) is 5.75 Å². The van der Waals surface area contributed by atoms with Crippen LogP contribution in [-0.4, -0.2) is 59.5 Å². The molecular weight excluding hydrogens is 623 g/mol. The third-order valence-electron chi connectivity index (χ3n) is 7.97. The van der Waals surface area contributed by atoms with E-state index in [0.29, 0.717) is 19.4 Å². The van der Waals surface area contributed by atoms with Gasteiger partial charge in [0.15, 0.2) is 0 Å². The van der Waals surface area contributed by atoms with Gasteiger partial charge in [-0.3, -0.25) is 14.2 Å². The van der Waals surface area contributed by atoms with E-state index in [1.165, 1.54) is 45.0 Å². The molecule has 1 heterocycles. The van der Waals surface area contributed by atoms with Crippen LogP contribution in [0.3, 0.4) is 0 Å². The zero-order chi connectivity index (χ0) is 33.6. The third kappa shape index (κ3) is 15.9. The van der Waals surface area contributed by atoms with E-state index in [1.807, 2.05) is 30.5 Å². The molecule has 0 spiro atoms. The number of nitrogens with two attached hydrogens (primary N) is 1. The number of H-pyrrole nitrogens is 1. The van der Waals surface area contributed by atoms with Gasteiger partial charge in [0.25, 0.3) is 0 Å². The molecule has 0 aliphatic rings. The van der Waals surface area contributed by atoms with Crippen LogP contribution < -0.4 is 15.6 Å². The Morgan fingerprint density at radius 3 is 2.09 bits per heavy atom. The first-order valence-electron chi connectivity index (χ1n) is 16.9. The van der Waals surface area contributed by atoms with Crippen LogP contribution in [0.15, 0.2) is 54.7 Å². The van der Waals surface area contributed by atoms with Gasteiger partial charge >= 0.3 is 7.82 Å². The van der Waals surface area contributed by atoms with Crippen molar-refractivity contribution in [2.75, 3.05) is 32.8 Å². The molecule has 0 fully saturated rings. The van der Waals surface area contributed by atoms with E-state index in [9.17, 15) is 14.3 Å². The second-order valence-corrected chi connectivity index (χ2v) is 13.2. The van der Waals surface area contributed by atoms with Gasteiger partial charge in [-0.1, -0.05) is 114 Å². The van der Waals surface area contributed by atoms with E-state index < -0.39 is 13.9 Å². The number of halogens is 1. The number of amides is 1. The van der Waals surface area contributed by atoms with Crippen LogP contribution >= 0.6 is 19.4 Å². The molecule has 9 nitrogen and oxygen atoms in total.